The Morgan fingerprint density at radius 2 is 2.10 bits per heavy atom. The van der Waals surface area contributed by atoms with Gasteiger partial charge in [0.25, 0.3) is 0 Å². The first-order valence-electron chi connectivity index (χ1n) is 7.94. The SMILES string of the molecule is CCC(C)C(C(=O)N1CCCCC1C#N)c1ccccc1. The van der Waals surface area contributed by atoms with Crippen molar-refractivity contribution in [3.8, 4) is 6.07 Å². The molecule has 0 radical (unpaired) electrons. The van der Waals surface area contributed by atoms with Gasteiger partial charge in [-0.15, -0.1) is 0 Å². The number of rotatable bonds is 4. The van der Waals surface area contributed by atoms with Gasteiger partial charge in [0, 0.05) is 6.54 Å². The van der Waals surface area contributed by atoms with Crippen molar-refractivity contribution in [3.63, 3.8) is 0 Å². The molecule has 0 saturated carbocycles. The second-order valence-corrected chi connectivity index (χ2v) is 5.95. The van der Waals surface area contributed by atoms with E-state index in [2.05, 4.69) is 19.9 Å². The molecule has 1 aliphatic heterocycles. The van der Waals surface area contributed by atoms with Gasteiger partial charge in [0.15, 0.2) is 0 Å². The Kier molecular flexibility index (Phi) is 5.38. The van der Waals surface area contributed by atoms with E-state index in [0.717, 1.165) is 37.8 Å². The molecule has 0 spiro atoms. The summed E-state index contributed by atoms with van der Waals surface area (Å²) in [6.45, 7) is 4.96. The molecule has 1 heterocycles. The predicted molar refractivity (Wildman–Crippen MR) is 83.6 cm³/mol. The van der Waals surface area contributed by atoms with E-state index in [9.17, 15) is 10.1 Å². The molecule has 1 amide bonds. The van der Waals surface area contributed by atoms with Gasteiger partial charge in [-0.1, -0.05) is 50.6 Å². The highest BCUT2D eigenvalue weighted by atomic mass is 16.2. The second-order valence-electron chi connectivity index (χ2n) is 5.95. The van der Waals surface area contributed by atoms with Crippen LogP contribution in [-0.4, -0.2) is 23.4 Å². The topological polar surface area (TPSA) is 44.1 Å². The molecular weight excluding hydrogens is 260 g/mol. The number of likely N-dealkylation sites (tertiary alicyclic amines) is 1. The number of nitriles is 1. The number of amides is 1. The predicted octanol–water partition coefficient (Wildman–Crippen LogP) is 3.72. The zero-order chi connectivity index (χ0) is 15.2. The van der Waals surface area contributed by atoms with Crippen LogP contribution in [0.15, 0.2) is 30.3 Å². The standard InChI is InChI=1S/C18H24N2O/c1-3-14(2)17(15-9-5-4-6-10-15)18(21)20-12-8-7-11-16(20)13-19/h4-6,9-10,14,16-17H,3,7-8,11-12H2,1-2H3. The molecule has 3 nitrogen and oxygen atoms in total. The van der Waals surface area contributed by atoms with Gasteiger partial charge in [0.2, 0.25) is 5.91 Å². The summed E-state index contributed by atoms with van der Waals surface area (Å²) in [5.41, 5.74) is 1.07. The molecule has 1 aliphatic rings. The zero-order valence-corrected chi connectivity index (χ0v) is 13.0. The van der Waals surface area contributed by atoms with Crippen molar-refractivity contribution in [2.45, 2.75) is 51.5 Å². The summed E-state index contributed by atoms with van der Waals surface area (Å²) in [7, 11) is 0. The van der Waals surface area contributed by atoms with Crippen LogP contribution in [0.1, 0.15) is 51.0 Å². The number of hydrogen-bond donors (Lipinski definition) is 0. The lowest BCUT2D eigenvalue weighted by atomic mass is 9.83. The minimum absolute atomic E-state index is 0.127. The summed E-state index contributed by atoms with van der Waals surface area (Å²) in [5.74, 6) is 0.271. The highest BCUT2D eigenvalue weighted by molar-refractivity contribution is 5.84. The monoisotopic (exact) mass is 284 g/mol. The van der Waals surface area contributed by atoms with Crippen molar-refractivity contribution in [1.82, 2.24) is 4.90 Å². The van der Waals surface area contributed by atoms with E-state index < -0.39 is 0 Å². The second kappa shape index (κ2) is 7.26. The van der Waals surface area contributed by atoms with Gasteiger partial charge < -0.3 is 4.90 Å². The van der Waals surface area contributed by atoms with Crippen molar-refractivity contribution in [1.29, 1.82) is 5.26 Å². The Hall–Kier alpha value is -1.82. The number of piperidine rings is 1. The lowest BCUT2D eigenvalue weighted by Crippen LogP contribution is -2.46. The summed E-state index contributed by atoms with van der Waals surface area (Å²) in [6.07, 6.45) is 3.81. The molecule has 2 rings (SSSR count). The quantitative estimate of drug-likeness (QED) is 0.845. The normalized spacial score (nSPS) is 21.4. The number of carbonyl (C=O) groups is 1. The maximum absolute atomic E-state index is 13.0. The lowest BCUT2D eigenvalue weighted by molar-refractivity contribution is -0.136. The third kappa shape index (κ3) is 3.44. The van der Waals surface area contributed by atoms with Crippen LogP contribution >= 0.6 is 0 Å². The molecule has 0 N–H and O–H groups in total. The minimum atomic E-state index is -0.249. The third-order valence-corrected chi connectivity index (χ3v) is 4.57. The van der Waals surface area contributed by atoms with E-state index >= 15 is 0 Å². The summed E-state index contributed by atoms with van der Waals surface area (Å²) < 4.78 is 0. The minimum Gasteiger partial charge on any atom is -0.326 e. The maximum Gasteiger partial charge on any atom is 0.231 e. The molecule has 1 fully saturated rings. The average Bonchev–Trinajstić information content (AvgIpc) is 2.55. The van der Waals surface area contributed by atoms with Gasteiger partial charge in [-0.2, -0.15) is 5.26 Å². The van der Waals surface area contributed by atoms with Crippen LogP contribution in [0.2, 0.25) is 0 Å². The van der Waals surface area contributed by atoms with E-state index in [-0.39, 0.29) is 23.8 Å². The molecule has 3 unspecified atom stereocenters. The summed E-state index contributed by atoms with van der Waals surface area (Å²) in [4.78, 5) is 14.9. The van der Waals surface area contributed by atoms with Crippen LogP contribution < -0.4 is 0 Å². The first-order chi connectivity index (χ1) is 10.2. The lowest BCUT2D eigenvalue weighted by Gasteiger charge is -2.36. The van der Waals surface area contributed by atoms with Gasteiger partial charge in [0.1, 0.15) is 6.04 Å². The van der Waals surface area contributed by atoms with Crippen molar-refractivity contribution < 1.29 is 4.79 Å². The van der Waals surface area contributed by atoms with Gasteiger partial charge in [0.05, 0.1) is 12.0 Å². The van der Waals surface area contributed by atoms with Crippen LogP contribution in [-0.2, 0) is 4.79 Å². The summed E-state index contributed by atoms with van der Waals surface area (Å²) >= 11 is 0. The Balaban J connectivity index is 2.28. The molecule has 1 saturated heterocycles. The molecule has 0 aromatic heterocycles. The number of benzene rings is 1. The zero-order valence-electron chi connectivity index (χ0n) is 13.0. The number of carbonyl (C=O) groups excluding carboxylic acids is 1. The Bertz CT molecular complexity index is 506. The van der Waals surface area contributed by atoms with Crippen LogP contribution in [0.4, 0.5) is 0 Å². The molecule has 1 aromatic rings. The molecule has 0 aliphatic carbocycles. The Morgan fingerprint density at radius 1 is 1.38 bits per heavy atom. The number of nitrogens with zero attached hydrogens (tertiary/aromatic N) is 2. The largest absolute Gasteiger partial charge is 0.326 e. The van der Waals surface area contributed by atoms with E-state index in [0.29, 0.717) is 0 Å². The molecule has 3 heteroatoms. The van der Waals surface area contributed by atoms with Crippen molar-refractivity contribution in [2.24, 2.45) is 5.92 Å². The highest BCUT2D eigenvalue weighted by Gasteiger charge is 2.34. The van der Waals surface area contributed by atoms with Gasteiger partial charge in [-0.3, -0.25) is 4.79 Å². The van der Waals surface area contributed by atoms with Gasteiger partial charge >= 0.3 is 0 Å². The highest BCUT2D eigenvalue weighted by Crippen LogP contribution is 2.31. The fourth-order valence-electron chi connectivity index (χ4n) is 3.12. The fraction of sp³-hybridized carbons (Fsp3) is 0.556. The van der Waals surface area contributed by atoms with Crippen molar-refractivity contribution in [2.75, 3.05) is 6.54 Å². The van der Waals surface area contributed by atoms with E-state index in [4.69, 9.17) is 0 Å². The summed E-state index contributed by atoms with van der Waals surface area (Å²) in [6, 6.07) is 12.0. The summed E-state index contributed by atoms with van der Waals surface area (Å²) in [5, 5.41) is 9.31. The van der Waals surface area contributed by atoms with E-state index in [1.807, 2.05) is 35.2 Å². The average molecular weight is 284 g/mol. The van der Waals surface area contributed by atoms with Crippen LogP contribution in [0, 0.1) is 17.2 Å². The Morgan fingerprint density at radius 3 is 2.71 bits per heavy atom. The Labute approximate surface area is 127 Å². The number of hydrogen-bond acceptors (Lipinski definition) is 2. The molecule has 1 aromatic carbocycles. The van der Waals surface area contributed by atoms with Crippen LogP contribution in [0.3, 0.4) is 0 Å². The first kappa shape index (κ1) is 15.6. The van der Waals surface area contributed by atoms with Crippen molar-refractivity contribution in [3.05, 3.63) is 35.9 Å². The van der Waals surface area contributed by atoms with Crippen molar-refractivity contribution >= 4 is 5.91 Å². The maximum atomic E-state index is 13.0. The smallest absolute Gasteiger partial charge is 0.231 e. The molecular formula is C18H24N2O. The first-order valence-corrected chi connectivity index (χ1v) is 7.94. The molecule has 112 valence electrons. The van der Waals surface area contributed by atoms with Gasteiger partial charge in [-0.05, 0) is 30.7 Å². The molecule has 21 heavy (non-hydrogen) atoms. The molecule has 3 atom stereocenters. The fourth-order valence-corrected chi connectivity index (χ4v) is 3.12. The van der Waals surface area contributed by atoms with Gasteiger partial charge in [-0.25, -0.2) is 0 Å². The third-order valence-electron chi connectivity index (χ3n) is 4.57. The van der Waals surface area contributed by atoms with Crippen LogP contribution in [0.25, 0.3) is 0 Å². The van der Waals surface area contributed by atoms with E-state index in [1.165, 1.54) is 0 Å². The molecule has 0 bridgehead atoms. The van der Waals surface area contributed by atoms with Crippen LogP contribution in [0.5, 0.6) is 0 Å². The van der Waals surface area contributed by atoms with E-state index in [1.54, 1.807) is 0 Å².